The lowest BCUT2D eigenvalue weighted by Gasteiger charge is -2.34. The molecule has 598 valence electrons. The van der Waals surface area contributed by atoms with Crippen molar-refractivity contribution in [2.24, 2.45) is 0 Å². The van der Waals surface area contributed by atoms with Crippen molar-refractivity contribution in [3.63, 3.8) is 0 Å². The quantitative estimate of drug-likeness (QED) is 0.0229. The van der Waals surface area contributed by atoms with E-state index in [-0.39, 0.29) is 39.6 Å². The topological polar surface area (TPSA) is 405 Å². The number of piperazine rings is 2. The van der Waals surface area contributed by atoms with Gasteiger partial charge in [0.15, 0.2) is 0 Å². The van der Waals surface area contributed by atoms with Gasteiger partial charge in [0, 0.05) is 208 Å². The maximum Gasteiger partial charge on any atom is 0.143 e. The van der Waals surface area contributed by atoms with Gasteiger partial charge in [-0.2, -0.15) is 0 Å². The first-order chi connectivity index (χ1) is 54.3. The Kier molecular flexibility index (Phi) is 31.1. The number of fused-ring (bicyclic) bond motifs is 6. The van der Waals surface area contributed by atoms with Gasteiger partial charge in [0.25, 0.3) is 0 Å². The zero-order chi connectivity index (χ0) is 77.7. The van der Waals surface area contributed by atoms with E-state index in [1.165, 1.54) is 32.4 Å². The van der Waals surface area contributed by atoms with Gasteiger partial charge in [0.1, 0.15) is 74.1 Å². The molecule has 29 heteroatoms. The number of aromatic nitrogens is 6. The second-order valence-corrected chi connectivity index (χ2v) is 27.7. The second kappa shape index (κ2) is 42.2. The van der Waals surface area contributed by atoms with Crippen LogP contribution in [-0.2, 0) is 11.3 Å². The van der Waals surface area contributed by atoms with Crippen LogP contribution in [-0.4, -0.2) is 277 Å². The summed E-state index contributed by atoms with van der Waals surface area (Å²) in [6, 6.07) is 34.2. The Morgan fingerprint density at radius 2 is 0.604 bits per heavy atom. The number of benzene rings is 6. The van der Waals surface area contributed by atoms with Crippen LogP contribution >= 0.6 is 0 Å². The molecule has 0 amide bonds. The molecule has 4 aliphatic rings. The van der Waals surface area contributed by atoms with E-state index in [1.807, 2.05) is 127 Å². The van der Waals surface area contributed by atoms with E-state index >= 15 is 0 Å². The lowest BCUT2D eigenvalue weighted by molar-refractivity contribution is 0.0323. The molecule has 6 aromatic carbocycles. The van der Waals surface area contributed by atoms with Gasteiger partial charge in [0.05, 0.1) is 72.7 Å². The van der Waals surface area contributed by atoms with E-state index < -0.39 is 0 Å². The molecule has 0 spiro atoms. The molecule has 0 aliphatic carbocycles. The number of aliphatic hydroxyl groups is 4. The first kappa shape index (κ1) is 81.7. The van der Waals surface area contributed by atoms with E-state index in [4.69, 9.17) is 88.0 Å². The van der Waals surface area contributed by atoms with Crippen molar-refractivity contribution in [1.82, 2.24) is 58.9 Å². The number of likely N-dealkylation sites (N-methyl/N-ethyl adjacent to an activating group) is 1. The number of aliphatic hydroxyl groups excluding tert-OH is 4. The highest BCUT2D eigenvalue weighted by molar-refractivity contribution is 5.99. The second-order valence-electron chi connectivity index (χ2n) is 27.7. The average Bonchev–Trinajstić information content (AvgIpc) is 1.63. The van der Waals surface area contributed by atoms with Gasteiger partial charge in [-0.1, -0.05) is 6.42 Å². The van der Waals surface area contributed by atoms with Crippen molar-refractivity contribution in [1.29, 1.82) is 0 Å². The molecular weight excluding hydrogens is 1410 g/mol. The summed E-state index contributed by atoms with van der Waals surface area (Å²) < 4.78 is 41.6. The molecule has 21 N–H and O–H groups in total. The standard InChI is InChI=1S/C16H24N4O2.C15H22N4O.C15H21N3O.C14H19N3O2.C12H16N2O3.C10H12N2O2/c17-14-1-2-15(16-13(14)3-4-18-16)22-12-10-20-7-5-19(6-8-20)9-11-21;1-18-6-8-19(9-7-18)10-11-20-14-3-2-13(16)12-4-5-17-15(12)14;16-13-4-5-14(15-12(13)6-7-17-15)19-11-10-18-8-2-1-3-9-18;15-12-1-2-13(14-11(12)3-4-16-14)19-10-7-17-5-8-18-9-6-17;13-10-1-2-11(17-8-7-16)12-9(10)3-4-14(12)5-6-15;11-8-1-2-9(14-6-5-13)10-7(8)3-4-12-10/h1-4,18,21H,5-12,17H2;2-5,17H,6-11,16H2,1H3;4-7,17H,1-3,8-11,16H2;1-4,16H,5-10,15H2;1-4,15-16H,5-8,13H2;1-4,12-13H,5-6,11H2. The Hall–Kier alpha value is -10.3. The third kappa shape index (κ3) is 22.7. The van der Waals surface area contributed by atoms with Crippen molar-refractivity contribution < 1.29 is 53.6 Å². The van der Waals surface area contributed by atoms with E-state index in [2.05, 4.69) is 61.4 Å². The molecule has 10 heterocycles. The van der Waals surface area contributed by atoms with Crippen LogP contribution in [0.2, 0.25) is 0 Å². The number of anilines is 6. The normalized spacial score (nSPS) is 15.4. The molecule has 0 unspecified atom stereocenters. The number of β-amino-alcohol motifs (C(OH)–C–C–N with tert-alkyl or cyclic N) is 1. The molecular formula is C82H114N18O11. The van der Waals surface area contributed by atoms with Crippen molar-refractivity contribution in [2.75, 3.05) is 232 Å². The number of morpholine rings is 1. The van der Waals surface area contributed by atoms with Crippen LogP contribution in [0.15, 0.2) is 146 Å². The van der Waals surface area contributed by atoms with E-state index in [1.54, 1.807) is 24.3 Å². The first-order valence-corrected chi connectivity index (χ1v) is 38.5. The average molecular weight is 1530 g/mol. The highest BCUT2D eigenvalue weighted by Crippen LogP contribution is 2.35. The van der Waals surface area contributed by atoms with Crippen LogP contribution < -0.4 is 62.8 Å². The molecule has 0 saturated carbocycles. The number of rotatable bonds is 26. The first-order valence-electron chi connectivity index (χ1n) is 38.5. The Bertz CT molecular complexity index is 4640. The van der Waals surface area contributed by atoms with Crippen LogP contribution in [0.5, 0.6) is 34.5 Å². The summed E-state index contributed by atoms with van der Waals surface area (Å²) in [4.78, 5) is 30.1. The van der Waals surface area contributed by atoms with Gasteiger partial charge < -0.3 is 122 Å². The highest BCUT2D eigenvalue weighted by Gasteiger charge is 2.20. The smallest absolute Gasteiger partial charge is 0.143 e. The SMILES string of the molecule is CN1CCN(CCOc2ccc(N)c3cc[nH]c23)CC1.Nc1ccc(OCCN2CCCCC2)c2[nH]ccc12.Nc1ccc(OCCN2CCN(CCO)CC2)c2[nH]ccc12.Nc1ccc(OCCN2CCOCC2)c2[nH]ccc12.Nc1ccc(OCCO)c2[nH]ccc12.Nc1ccc(OCCO)c2c1ccn2CCO. The zero-order valence-electron chi connectivity index (χ0n) is 63.9. The summed E-state index contributed by atoms with van der Waals surface area (Å²) in [5.41, 5.74) is 45.6. The number of nitrogens with one attached hydrogen (secondary N) is 5. The summed E-state index contributed by atoms with van der Waals surface area (Å²) in [7, 11) is 2.17. The van der Waals surface area contributed by atoms with E-state index in [0.29, 0.717) is 43.6 Å². The predicted molar refractivity (Wildman–Crippen MR) is 446 cm³/mol. The molecule has 0 radical (unpaired) electrons. The Morgan fingerprint density at radius 1 is 0.306 bits per heavy atom. The van der Waals surface area contributed by atoms with Gasteiger partial charge in [-0.05, 0) is 142 Å². The number of hydrogen-bond acceptors (Lipinski definition) is 23. The largest absolute Gasteiger partial charge is 0.490 e. The lowest BCUT2D eigenvalue weighted by atomic mass is 10.1. The molecule has 111 heavy (non-hydrogen) atoms. The Labute approximate surface area is 647 Å². The number of piperidine rings is 1. The van der Waals surface area contributed by atoms with E-state index in [9.17, 15) is 0 Å². The fraction of sp³-hybridized carbons (Fsp3) is 0.415. The molecule has 29 nitrogen and oxygen atoms in total. The number of aromatic amines is 5. The minimum absolute atomic E-state index is 0.00653. The summed E-state index contributed by atoms with van der Waals surface area (Å²) in [5, 5.41) is 41.3. The molecule has 0 atom stereocenters. The number of nitrogens with zero attached hydrogens (tertiary/aromatic N) is 7. The van der Waals surface area contributed by atoms with E-state index in [0.717, 1.165) is 235 Å². The third-order valence-corrected chi connectivity index (χ3v) is 20.2. The monoisotopic (exact) mass is 1530 g/mol. The number of likely N-dealkylation sites (tertiary alicyclic amines) is 1. The minimum atomic E-state index is -0.0351. The van der Waals surface area contributed by atoms with Crippen LogP contribution in [0, 0.1) is 0 Å². The van der Waals surface area contributed by atoms with Crippen molar-refractivity contribution in [2.45, 2.75) is 25.8 Å². The number of nitrogen functional groups attached to an aromatic ring is 6. The molecule has 4 fully saturated rings. The fourth-order valence-electron chi connectivity index (χ4n) is 14.0. The fourth-order valence-corrected chi connectivity index (χ4v) is 14.0. The molecule has 4 saturated heterocycles. The number of nitrogens with two attached hydrogens (primary N) is 6. The van der Waals surface area contributed by atoms with Gasteiger partial charge >= 0.3 is 0 Å². The van der Waals surface area contributed by atoms with Crippen LogP contribution in [0.25, 0.3) is 65.4 Å². The maximum absolute atomic E-state index is 9.00. The van der Waals surface area contributed by atoms with Gasteiger partial charge in [-0.25, -0.2) is 0 Å². The third-order valence-electron chi connectivity index (χ3n) is 20.2. The van der Waals surface area contributed by atoms with Crippen LogP contribution in [0.1, 0.15) is 19.3 Å². The zero-order valence-corrected chi connectivity index (χ0v) is 63.9. The van der Waals surface area contributed by atoms with Crippen molar-refractivity contribution in [3.05, 3.63) is 146 Å². The lowest BCUT2D eigenvalue weighted by Crippen LogP contribution is -2.48. The Balaban J connectivity index is 0.000000133. The van der Waals surface area contributed by atoms with Crippen molar-refractivity contribution in [3.8, 4) is 34.5 Å². The molecule has 0 bridgehead atoms. The minimum Gasteiger partial charge on any atom is -0.490 e. The van der Waals surface area contributed by atoms with Crippen molar-refractivity contribution >= 4 is 99.5 Å². The number of H-pyrrole nitrogens is 5. The van der Waals surface area contributed by atoms with Gasteiger partial charge in [-0.15, -0.1) is 0 Å². The number of hydrogen-bond donors (Lipinski definition) is 15. The maximum atomic E-state index is 9.00. The molecule has 16 rings (SSSR count). The molecule has 4 aliphatic heterocycles. The van der Waals surface area contributed by atoms with Gasteiger partial charge in [-0.3, -0.25) is 24.5 Å². The summed E-state index contributed by atoms with van der Waals surface area (Å²) in [6.45, 7) is 23.3. The number of ether oxygens (including phenoxy) is 7. The summed E-state index contributed by atoms with van der Waals surface area (Å²) >= 11 is 0. The Morgan fingerprint density at radius 3 is 0.955 bits per heavy atom. The van der Waals surface area contributed by atoms with Crippen LogP contribution in [0.4, 0.5) is 34.1 Å². The summed E-state index contributed by atoms with van der Waals surface area (Å²) in [6.07, 6.45) is 15.3. The van der Waals surface area contributed by atoms with Crippen LogP contribution in [0.3, 0.4) is 0 Å². The highest BCUT2D eigenvalue weighted by atomic mass is 16.5. The predicted octanol–water partition coefficient (Wildman–Crippen LogP) is 7.90. The summed E-state index contributed by atoms with van der Waals surface area (Å²) in [5.74, 6) is 4.88. The molecule has 6 aromatic heterocycles. The molecule has 12 aromatic rings. The van der Waals surface area contributed by atoms with Gasteiger partial charge in [0.2, 0.25) is 0 Å².